The number of alkyl halides is 3. The Morgan fingerprint density at radius 2 is 2.00 bits per heavy atom. The van der Waals surface area contributed by atoms with E-state index >= 15 is 0 Å². The molecule has 2 rings (SSSR count). The van der Waals surface area contributed by atoms with Crippen molar-refractivity contribution in [1.29, 1.82) is 0 Å². The average Bonchev–Trinajstić information content (AvgIpc) is 3.04. The molecule has 0 spiro atoms. The van der Waals surface area contributed by atoms with Gasteiger partial charge < -0.3 is 19.7 Å². The van der Waals surface area contributed by atoms with Crippen LogP contribution in [0.25, 0.3) is 0 Å². The second-order valence-corrected chi connectivity index (χ2v) is 8.85. The number of halogens is 3. The number of aliphatic hydroxyl groups excluding tert-OH is 2. The molecule has 0 bridgehead atoms. The van der Waals surface area contributed by atoms with Crippen molar-refractivity contribution in [2.75, 3.05) is 6.61 Å². The Morgan fingerprint density at radius 3 is 2.69 bits per heavy atom. The molecule has 194 valence electrons. The van der Waals surface area contributed by atoms with Crippen molar-refractivity contribution in [1.82, 2.24) is 0 Å². The van der Waals surface area contributed by atoms with Crippen molar-refractivity contribution in [3.8, 4) is 5.75 Å². The Hall–Kier alpha value is -2.65. The summed E-state index contributed by atoms with van der Waals surface area (Å²) >= 11 is 0. The lowest BCUT2D eigenvalue weighted by atomic mass is 9.90. The van der Waals surface area contributed by atoms with Crippen molar-refractivity contribution in [2.45, 2.75) is 70.4 Å². The monoisotopic (exact) mass is 498 g/mol. The molecule has 0 amide bonds. The summed E-state index contributed by atoms with van der Waals surface area (Å²) in [5, 5.41) is 20.4. The lowest BCUT2D eigenvalue weighted by Crippen LogP contribution is -2.20. The molecule has 0 aromatic heterocycles. The van der Waals surface area contributed by atoms with Crippen LogP contribution in [0.5, 0.6) is 5.75 Å². The molecule has 4 unspecified atom stereocenters. The Bertz CT molecular complexity index is 893. The van der Waals surface area contributed by atoms with Crippen LogP contribution in [0.1, 0.15) is 51.5 Å². The SMILES string of the molecule is CC(C)OC(=O)CCC/C=C/CC1C(=O)CC(O)C1/C=C/C(O)COc1cccc(C(F)(F)F)c1. The minimum absolute atomic E-state index is 0.0192. The van der Waals surface area contributed by atoms with Gasteiger partial charge in [0.15, 0.2) is 0 Å². The highest BCUT2D eigenvalue weighted by Gasteiger charge is 2.39. The quantitative estimate of drug-likeness (QED) is 0.248. The lowest BCUT2D eigenvalue weighted by Gasteiger charge is -2.17. The molecular weight excluding hydrogens is 465 g/mol. The van der Waals surface area contributed by atoms with Crippen molar-refractivity contribution < 1.29 is 42.4 Å². The molecule has 2 N–H and O–H groups in total. The first-order valence-electron chi connectivity index (χ1n) is 11.7. The maximum absolute atomic E-state index is 12.8. The number of esters is 1. The molecule has 4 atom stereocenters. The van der Waals surface area contributed by atoms with Crippen molar-refractivity contribution in [3.05, 3.63) is 54.1 Å². The molecule has 1 aliphatic rings. The van der Waals surface area contributed by atoms with Crippen LogP contribution >= 0.6 is 0 Å². The Morgan fingerprint density at radius 1 is 1.26 bits per heavy atom. The van der Waals surface area contributed by atoms with Crippen LogP contribution in [0, 0.1) is 11.8 Å². The second kappa shape index (κ2) is 13.4. The molecule has 1 saturated carbocycles. The van der Waals surface area contributed by atoms with Crippen LogP contribution in [-0.2, 0) is 20.5 Å². The Labute approximate surface area is 203 Å². The highest BCUT2D eigenvalue weighted by molar-refractivity contribution is 5.84. The molecule has 0 aliphatic heterocycles. The molecule has 1 aliphatic carbocycles. The lowest BCUT2D eigenvalue weighted by molar-refractivity contribution is -0.147. The predicted molar refractivity (Wildman–Crippen MR) is 124 cm³/mol. The van der Waals surface area contributed by atoms with Gasteiger partial charge in [0.05, 0.1) is 17.8 Å². The van der Waals surface area contributed by atoms with E-state index in [0.717, 1.165) is 12.1 Å². The number of aliphatic hydroxyl groups is 2. The van der Waals surface area contributed by atoms with Gasteiger partial charge in [-0.25, -0.2) is 0 Å². The third-order valence-electron chi connectivity index (χ3n) is 5.55. The summed E-state index contributed by atoms with van der Waals surface area (Å²) in [4.78, 5) is 23.8. The summed E-state index contributed by atoms with van der Waals surface area (Å²) < 4.78 is 48.7. The minimum atomic E-state index is -4.49. The Balaban J connectivity index is 1.83. The fourth-order valence-corrected chi connectivity index (χ4v) is 3.83. The number of Topliss-reactive ketones (excluding diaryl/α,β-unsaturated/α-hetero) is 1. The maximum atomic E-state index is 12.8. The zero-order valence-corrected chi connectivity index (χ0v) is 19.9. The normalized spacial score (nSPS) is 21.8. The van der Waals surface area contributed by atoms with Crippen molar-refractivity contribution in [3.63, 3.8) is 0 Å². The van der Waals surface area contributed by atoms with Crippen molar-refractivity contribution in [2.24, 2.45) is 11.8 Å². The topological polar surface area (TPSA) is 93.1 Å². The molecular formula is C26H33F3O6. The van der Waals surface area contributed by atoms with Gasteiger partial charge in [0.2, 0.25) is 0 Å². The molecule has 1 aromatic rings. The fraction of sp³-hybridized carbons (Fsp3) is 0.538. The van der Waals surface area contributed by atoms with Gasteiger partial charge in [-0.1, -0.05) is 30.4 Å². The highest BCUT2D eigenvalue weighted by atomic mass is 19.4. The zero-order chi connectivity index (χ0) is 26.0. The third kappa shape index (κ3) is 9.85. The zero-order valence-electron chi connectivity index (χ0n) is 19.9. The maximum Gasteiger partial charge on any atom is 0.416 e. The number of unbranched alkanes of at least 4 members (excludes halogenated alkanes) is 1. The third-order valence-corrected chi connectivity index (χ3v) is 5.55. The van der Waals surface area contributed by atoms with E-state index in [1.165, 1.54) is 18.2 Å². The van der Waals surface area contributed by atoms with E-state index in [9.17, 15) is 33.0 Å². The van der Waals surface area contributed by atoms with E-state index in [1.54, 1.807) is 19.9 Å². The summed E-state index contributed by atoms with van der Waals surface area (Å²) in [5.74, 6) is -1.28. The van der Waals surface area contributed by atoms with Crippen LogP contribution in [0.4, 0.5) is 13.2 Å². The first-order chi connectivity index (χ1) is 16.5. The number of allylic oxidation sites excluding steroid dienone is 2. The number of benzene rings is 1. The minimum Gasteiger partial charge on any atom is -0.491 e. The van der Waals surface area contributed by atoms with E-state index in [1.807, 2.05) is 12.2 Å². The Kier molecular flexibility index (Phi) is 11.0. The van der Waals surface area contributed by atoms with E-state index in [0.29, 0.717) is 25.7 Å². The largest absolute Gasteiger partial charge is 0.491 e. The van der Waals surface area contributed by atoms with Crippen molar-refractivity contribution >= 4 is 11.8 Å². The van der Waals surface area contributed by atoms with Crippen LogP contribution in [0.2, 0.25) is 0 Å². The highest BCUT2D eigenvalue weighted by Crippen LogP contribution is 2.34. The van der Waals surface area contributed by atoms with Crippen LogP contribution in [-0.4, -0.2) is 46.9 Å². The molecule has 6 nitrogen and oxygen atoms in total. The number of hydrogen-bond donors (Lipinski definition) is 2. The molecule has 9 heteroatoms. The number of carbonyl (C=O) groups is 2. The molecule has 0 radical (unpaired) electrons. The van der Waals surface area contributed by atoms with Gasteiger partial charge in [-0.2, -0.15) is 13.2 Å². The second-order valence-electron chi connectivity index (χ2n) is 8.85. The fourth-order valence-electron chi connectivity index (χ4n) is 3.83. The number of hydrogen-bond acceptors (Lipinski definition) is 6. The van der Waals surface area contributed by atoms with Crippen LogP contribution in [0.15, 0.2) is 48.6 Å². The van der Waals surface area contributed by atoms with Crippen LogP contribution in [0.3, 0.4) is 0 Å². The van der Waals surface area contributed by atoms with E-state index in [2.05, 4.69) is 0 Å². The predicted octanol–water partition coefficient (Wildman–Crippen LogP) is 4.64. The van der Waals surface area contributed by atoms with Gasteiger partial charge in [0.1, 0.15) is 24.2 Å². The number of carbonyl (C=O) groups excluding carboxylic acids is 2. The molecule has 0 heterocycles. The van der Waals surface area contributed by atoms with Gasteiger partial charge in [-0.3, -0.25) is 9.59 Å². The van der Waals surface area contributed by atoms with E-state index in [-0.39, 0.29) is 36.6 Å². The van der Waals surface area contributed by atoms with Crippen LogP contribution < -0.4 is 4.74 Å². The average molecular weight is 499 g/mol. The van der Waals surface area contributed by atoms with Gasteiger partial charge >= 0.3 is 12.1 Å². The van der Waals surface area contributed by atoms with E-state index in [4.69, 9.17) is 9.47 Å². The van der Waals surface area contributed by atoms with E-state index < -0.39 is 35.8 Å². The number of ether oxygens (including phenoxy) is 2. The first-order valence-corrected chi connectivity index (χ1v) is 11.7. The molecule has 0 saturated heterocycles. The first kappa shape index (κ1) is 28.6. The van der Waals surface area contributed by atoms with Gasteiger partial charge in [0.25, 0.3) is 0 Å². The summed E-state index contributed by atoms with van der Waals surface area (Å²) in [6, 6.07) is 4.36. The summed E-state index contributed by atoms with van der Waals surface area (Å²) in [5.41, 5.74) is -0.848. The number of rotatable bonds is 12. The summed E-state index contributed by atoms with van der Waals surface area (Å²) in [6.45, 7) is 3.30. The molecule has 35 heavy (non-hydrogen) atoms. The summed E-state index contributed by atoms with van der Waals surface area (Å²) in [7, 11) is 0. The molecule has 1 aromatic carbocycles. The molecule has 1 fully saturated rings. The standard InChI is InChI=1S/C26H33F3O6/c1-17(2)35-25(33)11-6-4-3-5-10-21-22(24(32)15-23(21)31)13-12-19(30)16-34-20-9-7-8-18(14-20)26(27,28)29/h3,5,7-9,12-14,17,19,21-22,24,30,32H,4,6,10-11,15-16H2,1-2H3/b5-3+,13-12+. The van der Waals surface area contributed by atoms with Gasteiger partial charge in [-0.05, 0) is 51.3 Å². The van der Waals surface area contributed by atoms with Gasteiger partial charge in [-0.15, -0.1) is 0 Å². The summed E-state index contributed by atoms with van der Waals surface area (Å²) in [6.07, 6.45) is 2.08. The smallest absolute Gasteiger partial charge is 0.416 e. The van der Waals surface area contributed by atoms with Gasteiger partial charge in [0, 0.05) is 24.7 Å². The number of ketones is 1.